The molecule has 1 fully saturated rings. The number of hydrogen-bond donors (Lipinski definition) is 3. The SMILES string of the molecule is O=C(NCCn1cnc(C(=O)O)c1)NC1CCCSC1. The number of hydrogen-bond acceptors (Lipinski definition) is 4. The van der Waals surface area contributed by atoms with Gasteiger partial charge in [0.15, 0.2) is 5.69 Å². The lowest BCUT2D eigenvalue weighted by molar-refractivity contribution is 0.0691. The van der Waals surface area contributed by atoms with Gasteiger partial charge in [-0.1, -0.05) is 0 Å². The zero-order valence-electron chi connectivity index (χ0n) is 11.0. The molecular formula is C12H18N4O3S. The van der Waals surface area contributed by atoms with Crippen LogP contribution < -0.4 is 10.6 Å². The van der Waals surface area contributed by atoms with Gasteiger partial charge in [0.2, 0.25) is 0 Å². The first-order valence-electron chi connectivity index (χ1n) is 6.52. The number of nitrogens with one attached hydrogen (secondary N) is 2. The van der Waals surface area contributed by atoms with E-state index in [1.165, 1.54) is 18.3 Å². The lowest BCUT2D eigenvalue weighted by Gasteiger charge is -2.22. The van der Waals surface area contributed by atoms with Crippen molar-refractivity contribution in [1.82, 2.24) is 20.2 Å². The van der Waals surface area contributed by atoms with Crippen molar-refractivity contribution in [3.63, 3.8) is 0 Å². The van der Waals surface area contributed by atoms with Crippen molar-refractivity contribution in [1.29, 1.82) is 0 Å². The second kappa shape index (κ2) is 7.18. The van der Waals surface area contributed by atoms with E-state index in [4.69, 9.17) is 5.11 Å². The highest BCUT2D eigenvalue weighted by molar-refractivity contribution is 7.99. The minimum absolute atomic E-state index is 0.00804. The first-order valence-corrected chi connectivity index (χ1v) is 7.68. The maximum Gasteiger partial charge on any atom is 0.356 e. The molecule has 7 nitrogen and oxygen atoms in total. The van der Waals surface area contributed by atoms with Crippen molar-refractivity contribution in [3.8, 4) is 0 Å². The van der Waals surface area contributed by atoms with Gasteiger partial charge in [0.25, 0.3) is 0 Å². The molecule has 2 heterocycles. The quantitative estimate of drug-likeness (QED) is 0.746. The smallest absolute Gasteiger partial charge is 0.356 e. The number of imidazole rings is 1. The van der Waals surface area contributed by atoms with Crippen LogP contribution in [0.3, 0.4) is 0 Å². The third-order valence-electron chi connectivity index (χ3n) is 3.00. The Morgan fingerprint density at radius 1 is 1.55 bits per heavy atom. The van der Waals surface area contributed by atoms with E-state index in [9.17, 15) is 9.59 Å². The average molecular weight is 298 g/mol. The second-order valence-electron chi connectivity index (χ2n) is 4.62. The molecule has 2 amide bonds. The highest BCUT2D eigenvalue weighted by atomic mass is 32.2. The number of thioether (sulfide) groups is 1. The first kappa shape index (κ1) is 14.7. The van der Waals surface area contributed by atoms with Crippen molar-refractivity contribution in [2.45, 2.75) is 25.4 Å². The van der Waals surface area contributed by atoms with Gasteiger partial charge in [-0.15, -0.1) is 0 Å². The summed E-state index contributed by atoms with van der Waals surface area (Å²) in [6, 6.07) is 0.0803. The molecule has 8 heteroatoms. The zero-order valence-corrected chi connectivity index (χ0v) is 11.9. The molecule has 0 saturated carbocycles. The third-order valence-corrected chi connectivity index (χ3v) is 4.22. The molecule has 110 valence electrons. The molecule has 0 radical (unpaired) electrons. The summed E-state index contributed by atoms with van der Waals surface area (Å²) in [5.74, 6) is 1.09. The number of nitrogens with zero attached hydrogens (tertiary/aromatic N) is 2. The standard InChI is InChI=1S/C12H18N4O3S/c17-11(18)10-6-16(8-14-10)4-3-13-12(19)15-9-2-1-5-20-7-9/h6,8-9H,1-5,7H2,(H,17,18)(H2,13,15,19). The van der Waals surface area contributed by atoms with Crippen LogP contribution in [0.5, 0.6) is 0 Å². The lowest BCUT2D eigenvalue weighted by atomic mass is 10.2. The van der Waals surface area contributed by atoms with Gasteiger partial charge in [0, 0.05) is 31.1 Å². The molecule has 1 aromatic rings. The predicted molar refractivity (Wildman–Crippen MR) is 76.1 cm³/mol. The van der Waals surface area contributed by atoms with Crippen LogP contribution in [0.1, 0.15) is 23.3 Å². The van der Waals surface area contributed by atoms with Gasteiger partial charge < -0.3 is 20.3 Å². The van der Waals surface area contributed by atoms with Gasteiger partial charge in [-0.05, 0) is 18.6 Å². The normalized spacial score (nSPS) is 18.5. The summed E-state index contributed by atoms with van der Waals surface area (Å²) in [5, 5.41) is 14.4. The molecule has 0 bridgehead atoms. The number of urea groups is 1. The molecule has 0 aromatic carbocycles. The van der Waals surface area contributed by atoms with Crippen molar-refractivity contribution >= 4 is 23.8 Å². The highest BCUT2D eigenvalue weighted by Gasteiger charge is 2.15. The number of amides is 2. The topological polar surface area (TPSA) is 96.2 Å². The summed E-state index contributed by atoms with van der Waals surface area (Å²) in [6.07, 6.45) is 5.06. The molecule has 20 heavy (non-hydrogen) atoms. The molecule has 0 spiro atoms. The van der Waals surface area contributed by atoms with Crippen LogP contribution >= 0.6 is 11.8 Å². The fraction of sp³-hybridized carbons (Fsp3) is 0.583. The summed E-state index contributed by atoms with van der Waals surface area (Å²) in [5.41, 5.74) is 0.00804. The molecule has 1 aromatic heterocycles. The van der Waals surface area contributed by atoms with E-state index in [-0.39, 0.29) is 17.8 Å². The Labute approximate surface area is 121 Å². The molecule has 1 atom stereocenters. The van der Waals surface area contributed by atoms with Gasteiger partial charge >= 0.3 is 12.0 Å². The number of carboxylic acids is 1. The Bertz CT molecular complexity index is 471. The van der Waals surface area contributed by atoms with Crippen LogP contribution in [0.4, 0.5) is 4.79 Å². The molecule has 1 aliphatic heterocycles. The Morgan fingerprint density at radius 2 is 2.40 bits per heavy atom. The predicted octanol–water partition coefficient (Wildman–Crippen LogP) is 0.776. The van der Waals surface area contributed by atoms with Crippen LogP contribution in [0.25, 0.3) is 0 Å². The summed E-state index contributed by atoms with van der Waals surface area (Å²) < 4.78 is 1.64. The highest BCUT2D eigenvalue weighted by Crippen LogP contribution is 2.16. The van der Waals surface area contributed by atoms with Gasteiger partial charge in [0.05, 0.1) is 6.33 Å². The van der Waals surface area contributed by atoms with E-state index in [2.05, 4.69) is 15.6 Å². The summed E-state index contributed by atoms with van der Waals surface area (Å²) >= 11 is 1.86. The van der Waals surface area contributed by atoms with Crippen LogP contribution in [0.15, 0.2) is 12.5 Å². The average Bonchev–Trinajstić information content (AvgIpc) is 2.89. The molecule has 2 rings (SSSR count). The van der Waals surface area contributed by atoms with Crippen molar-refractivity contribution in [2.75, 3.05) is 18.1 Å². The van der Waals surface area contributed by atoms with Crippen molar-refractivity contribution in [3.05, 3.63) is 18.2 Å². The Hall–Kier alpha value is -1.70. The number of carbonyl (C=O) groups is 2. The summed E-state index contributed by atoms with van der Waals surface area (Å²) in [7, 11) is 0. The fourth-order valence-corrected chi connectivity index (χ4v) is 3.05. The molecule has 1 aliphatic rings. The third kappa shape index (κ3) is 4.44. The molecule has 1 unspecified atom stereocenters. The number of carboxylic acid groups (broad SMARTS) is 1. The van der Waals surface area contributed by atoms with Gasteiger partial charge in [-0.3, -0.25) is 0 Å². The Morgan fingerprint density at radius 3 is 3.05 bits per heavy atom. The van der Waals surface area contributed by atoms with E-state index in [0.29, 0.717) is 13.1 Å². The largest absolute Gasteiger partial charge is 0.476 e. The van der Waals surface area contributed by atoms with E-state index >= 15 is 0 Å². The number of carbonyl (C=O) groups excluding carboxylic acids is 1. The van der Waals surface area contributed by atoms with E-state index in [0.717, 1.165) is 18.6 Å². The number of aromatic carboxylic acids is 1. The van der Waals surface area contributed by atoms with Crippen LogP contribution in [-0.4, -0.2) is 50.8 Å². The van der Waals surface area contributed by atoms with Crippen LogP contribution in [0, 0.1) is 0 Å². The van der Waals surface area contributed by atoms with E-state index in [1.807, 2.05) is 11.8 Å². The van der Waals surface area contributed by atoms with Crippen LogP contribution in [0.2, 0.25) is 0 Å². The minimum atomic E-state index is -1.05. The minimum Gasteiger partial charge on any atom is -0.476 e. The Balaban J connectivity index is 1.66. The van der Waals surface area contributed by atoms with E-state index in [1.54, 1.807) is 4.57 Å². The molecule has 1 saturated heterocycles. The van der Waals surface area contributed by atoms with Gasteiger partial charge in [0.1, 0.15) is 0 Å². The maximum atomic E-state index is 11.7. The van der Waals surface area contributed by atoms with Crippen molar-refractivity contribution in [2.24, 2.45) is 0 Å². The van der Waals surface area contributed by atoms with Gasteiger partial charge in [-0.25, -0.2) is 14.6 Å². The number of rotatable bonds is 5. The molecule has 3 N–H and O–H groups in total. The molecule has 0 aliphatic carbocycles. The second-order valence-corrected chi connectivity index (χ2v) is 5.77. The summed E-state index contributed by atoms with van der Waals surface area (Å²) in [6.45, 7) is 0.925. The van der Waals surface area contributed by atoms with Gasteiger partial charge in [-0.2, -0.15) is 11.8 Å². The zero-order chi connectivity index (χ0) is 14.4. The Kier molecular flexibility index (Phi) is 5.28. The van der Waals surface area contributed by atoms with E-state index < -0.39 is 5.97 Å². The van der Waals surface area contributed by atoms with Crippen LogP contribution in [-0.2, 0) is 6.54 Å². The summed E-state index contributed by atoms with van der Waals surface area (Å²) in [4.78, 5) is 26.1. The fourth-order valence-electron chi connectivity index (χ4n) is 1.98. The maximum absolute atomic E-state index is 11.7. The molecular weight excluding hydrogens is 280 g/mol. The lowest BCUT2D eigenvalue weighted by Crippen LogP contribution is -2.45. The van der Waals surface area contributed by atoms with Crippen molar-refractivity contribution < 1.29 is 14.7 Å². The monoisotopic (exact) mass is 298 g/mol. The number of aromatic nitrogens is 2. The first-order chi connectivity index (χ1) is 9.65.